The normalized spacial score (nSPS) is 18.3. The van der Waals surface area contributed by atoms with Gasteiger partial charge >= 0.3 is 0 Å². The summed E-state index contributed by atoms with van der Waals surface area (Å²) in [6.45, 7) is 10.3. The van der Waals surface area contributed by atoms with Gasteiger partial charge in [-0.2, -0.15) is 0 Å². The molecular formula is C28H31ClN4O3. The lowest BCUT2D eigenvalue weighted by atomic mass is 10.0. The second-order valence-electron chi connectivity index (χ2n) is 9.10. The Bertz CT molecular complexity index is 1270. The van der Waals surface area contributed by atoms with Gasteiger partial charge in [-0.3, -0.25) is 14.6 Å². The molecule has 1 atom stereocenters. The maximum atomic E-state index is 13.1. The fourth-order valence-electron chi connectivity index (χ4n) is 4.20. The summed E-state index contributed by atoms with van der Waals surface area (Å²) in [5, 5.41) is 6.70. The van der Waals surface area contributed by atoms with Gasteiger partial charge in [0, 0.05) is 39.4 Å². The first-order valence-corrected chi connectivity index (χ1v) is 12.4. The van der Waals surface area contributed by atoms with Gasteiger partial charge in [-0.05, 0) is 62.9 Å². The SMILES string of the molecule is C=C1CCC(N2Cc3c(OC/C(=C/Nc4ccc(C)c(Cl)c4)N=C(C)CC)cccc3C2=O)C(=O)N1. The summed E-state index contributed by atoms with van der Waals surface area (Å²) < 4.78 is 6.18. The van der Waals surface area contributed by atoms with Crippen LogP contribution in [0.1, 0.15) is 54.6 Å². The van der Waals surface area contributed by atoms with Gasteiger partial charge in [-0.1, -0.05) is 37.2 Å². The number of nitrogens with one attached hydrogen (secondary N) is 2. The van der Waals surface area contributed by atoms with Crippen LogP contribution < -0.4 is 15.4 Å². The quantitative estimate of drug-likeness (QED) is 0.456. The Hall–Kier alpha value is -3.58. The highest BCUT2D eigenvalue weighted by molar-refractivity contribution is 6.31. The van der Waals surface area contributed by atoms with Crippen LogP contribution in [0.4, 0.5) is 5.69 Å². The number of nitrogens with zero attached hydrogens (tertiary/aromatic N) is 2. The maximum Gasteiger partial charge on any atom is 0.255 e. The standard InChI is InChI=1S/C28H31ClN4O3/c1-5-18(3)31-21(14-30-20-11-9-17(2)24(29)13-20)16-36-26-8-6-7-22-23(26)15-33(28(22)35)25-12-10-19(4)32-27(25)34/h6-9,11,13-14,25,30H,4-5,10,12,15-16H2,1-3H3,(H,32,34)/b21-14-,31-18?. The number of benzene rings is 2. The van der Waals surface area contributed by atoms with Crippen molar-refractivity contribution < 1.29 is 14.3 Å². The molecule has 0 bridgehead atoms. The van der Waals surface area contributed by atoms with Crippen LogP contribution in [0.25, 0.3) is 0 Å². The molecule has 2 amide bonds. The van der Waals surface area contributed by atoms with Crippen molar-refractivity contribution in [2.75, 3.05) is 11.9 Å². The van der Waals surface area contributed by atoms with E-state index in [0.717, 1.165) is 28.9 Å². The first kappa shape index (κ1) is 25.5. The van der Waals surface area contributed by atoms with E-state index in [1.807, 2.05) is 45.0 Å². The molecule has 0 aliphatic carbocycles. The average molecular weight is 507 g/mol. The number of carbonyl (C=O) groups excluding carboxylic acids is 2. The number of fused-ring (bicyclic) bond motifs is 1. The van der Waals surface area contributed by atoms with Crippen molar-refractivity contribution in [1.29, 1.82) is 0 Å². The summed E-state index contributed by atoms with van der Waals surface area (Å²) in [5.41, 5.74) is 5.57. The molecule has 188 valence electrons. The fraction of sp³-hybridized carbons (Fsp3) is 0.321. The smallest absolute Gasteiger partial charge is 0.255 e. The zero-order valence-corrected chi connectivity index (χ0v) is 21.6. The fourth-order valence-corrected chi connectivity index (χ4v) is 4.38. The highest BCUT2D eigenvalue weighted by atomic mass is 35.5. The number of hydrogen-bond donors (Lipinski definition) is 2. The number of aryl methyl sites for hydroxylation is 1. The van der Waals surface area contributed by atoms with Gasteiger partial charge in [0.25, 0.3) is 5.91 Å². The number of carbonyl (C=O) groups is 2. The van der Waals surface area contributed by atoms with Crippen LogP contribution in [0.3, 0.4) is 0 Å². The van der Waals surface area contributed by atoms with E-state index in [2.05, 4.69) is 17.2 Å². The molecule has 2 aromatic rings. The van der Waals surface area contributed by atoms with E-state index >= 15 is 0 Å². The Balaban J connectivity index is 1.51. The number of rotatable bonds is 8. The highest BCUT2D eigenvalue weighted by Crippen LogP contribution is 2.34. The minimum Gasteiger partial charge on any atom is -0.487 e. The molecule has 1 fully saturated rings. The van der Waals surface area contributed by atoms with E-state index in [-0.39, 0.29) is 18.4 Å². The number of anilines is 1. The van der Waals surface area contributed by atoms with Crippen LogP contribution in [0.5, 0.6) is 5.75 Å². The average Bonchev–Trinajstić information content (AvgIpc) is 3.19. The zero-order valence-electron chi connectivity index (χ0n) is 20.9. The Morgan fingerprint density at radius 1 is 1.33 bits per heavy atom. The summed E-state index contributed by atoms with van der Waals surface area (Å²) >= 11 is 6.25. The topological polar surface area (TPSA) is 83.0 Å². The molecule has 2 N–H and O–H groups in total. The second kappa shape index (κ2) is 11.0. The monoisotopic (exact) mass is 506 g/mol. The molecule has 2 heterocycles. The molecule has 1 saturated heterocycles. The first-order chi connectivity index (χ1) is 17.3. The number of ether oxygens (including phenoxy) is 1. The summed E-state index contributed by atoms with van der Waals surface area (Å²) in [4.78, 5) is 32.0. The Kier molecular flexibility index (Phi) is 7.79. The van der Waals surface area contributed by atoms with Crippen molar-refractivity contribution >= 4 is 34.8 Å². The third-order valence-corrected chi connectivity index (χ3v) is 6.86. The van der Waals surface area contributed by atoms with E-state index in [9.17, 15) is 9.59 Å². The molecule has 8 heteroatoms. The summed E-state index contributed by atoms with van der Waals surface area (Å²) in [5.74, 6) is 0.265. The van der Waals surface area contributed by atoms with Gasteiger partial charge < -0.3 is 20.3 Å². The van der Waals surface area contributed by atoms with Crippen LogP contribution in [-0.2, 0) is 11.3 Å². The molecular weight excluding hydrogens is 476 g/mol. The molecule has 4 rings (SSSR count). The second-order valence-corrected chi connectivity index (χ2v) is 9.50. The Labute approximate surface area is 216 Å². The first-order valence-electron chi connectivity index (χ1n) is 12.1. The van der Waals surface area contributed by atoms with Crippen LogP contribution in [0, 0.1) is 6.92 Å². The molecule has 2 aliphatic rings. The highest BCUT2D eigenvalue weighted by Gasteiger charge is 2.39. The lowest BCUT2D eigenvalue weighted by Gasteiger charge is -2.31. The molecule has 2 aliphatic heterocycles. The minimum absolute atomic E-state index is 0.156. The summed E-state index contributed by atoms with van der Waals surface area (Å²) in [6.07, 6.45) is 3.84. The minimum atomic E-state index is -0.513. The van der Waals surface area contributed by atoms with E-state index in [4.69, 9.17) is 21.3 Å². The van der Waals surface area contributed by atoms with Gasteiger partial charge in [0.15, 0.2) is 0 Å². The van der Waals surface area contributed by atoms with Crippen molar-refractivity contribution in [2.45, 2.75) is 52.6 Å². The molecule has 0 saturated carbocycles. The van der Waals surface area contributed by atoms with Gasteiger partial charge in [-0.25, -0.2) is 0 Å². The van der Waals surface area contributed by atoms with Gasteiger partial charge in [-0.15, -0.1) is 0 Å². The van der Waals surface area contributed by atoms with Crippen LogP contribution in [0.2, 0.25) is 5.02 Å². The molecule has 0 spiro atoms. The van der Waals surface area contributed by atoms with Gasteiger partial charge in [0.1, 0.15) is 18.4 Å². The van der Waals surface area contributed by atoms with Crippen LogP contribution >= 0.6 is 11.6 Å². The molecule has 0 aromatic heterocycles. The third-order valence-electron chi connectivity index (χ3n) is 6.45. The van der Waals surface area contributed by atoms with E-state index in [1.54, 1.807) is 23.2 Å². The van der Waals surface area contributed by atoms with Crippen LogP contribution in [0.15, 0.2) is 65.6 Å². The predicted octanol–water partition coefficient (Wildman–Crippen LogP) is 5.60. The molecule has 7 nitrogen and oxygen atoms in total. The Morgan fingerprint density at radius 2 is 2.14 bits per heavy atom. The molecule has 0 radical (unpaired) electrons. The number of piperidine rings is 1. The molecule has 1 unspecified atom stereocenters. The molecule has 36 heavy (non-hydrogen) atoms. The van der Waals surface area contributed by atoms with E-state index in [1.165, 1.54) is 0 Å². The number of allylic oxidation sites excluding steroid dienone is 1. The Morgan fingerprint density at radius 3 is 2.86 bits per heavy atom. The lowest BCUT2D eigenvalue weighted by molar-refractivity contribution is -0.126. The predicted molar refractivity (Wildman–Crippen MR) is 143 cm³/mol. The van der Waals surface area contributed by atoms with Crippen molar-refractivity contribution in [3.8, 4) is 5.75 Å². The summed E-state index contributed by atoms with van der Waals surface area (Å²) in [7, 11) is 0. The number of aliphatic imine (C=N–C) groups is 1. The van der Waals surface area contributed by atoms with Crippen molar-refractivity contribution in [2.24, 2.45) is 4.99 Å². The van der Waals surface area contributed by atoms with E-state index in [0.29, 0.717) is 47.1 Å². The maximum absolute atomic E-state index is 13.1. The largest absolute Gasteiger partial charge is 0.487 e. The summed E-state index contributed by atoms with van der Waals surface area (Å²) in [6, 6.07) is 10.7. The van der Waals surface area contributed by atoms with Gasteiger partial charge in [0.05, 0.1) is 12.2 Å². The van der Waals surface area contributed by atoms with Crippen molar-refractivity contribution in [3.05, 3.63) is 82.3 Å². The number of hydrogen-bond acceptors (Lipinski definition) is 5. The van der Waals surface area contributed by atoms with Crippen molar-refractivity contribution in [3.63, 3.8) is 0 Å². The lowest BCUT2D eigenvalue weighted by Crippen LogP contribution is -2.49. The van der Waals surface area contributed by atoms with Crippen LogP contribution in [-0.4, -0.2) is 35.1 Å². The number of amides is 2. The molecule has 2 aromatic carbocycles. The van der Waals surface area contributed by atoms with Crippen molar-refractivity contribution in [1.82, 2.24) is 10.2 Å². The third kappa shape index (κ3) is 5.62. The number of halogens is 1. The zero-order chi connectivity index (χ0) is 25.8. The van der Waals surface area contributed by atoms with E-state index < -0.39 is 6.04 Å². The van der Waals surface area contributed by atoms with Gasteiger partial charge in [0.2, 0.25) is 5.91 Å².